The number of nitrogens with two attached hydrogens (primary N) is 2. The number of carboxylic acid groups (broad SMARTS) is 1. The van der Waals surface area contributed by atoms with Gasteiger partial charge >= 0.3 is 5.97 Å². The fraction of sp³-hybridized carbons (Fsp3) is 0.400. The second-order valence-corrected chi connectivity index (χ2v) is 3.96. The van der Waals surface area contributed by atoms with Gasteiger partial charge in [-0.2, -0.15) is 0 Å². The molecule has 1 atom stereocenters. The van der Waals surface area contributed by atoms with Crippen molar-refractivity contribution in [3.05, 3.63) is 12.7 Å². The predicted molar refractivity (Wildman–Crippen MR) is 64.6 cm³/mol. The van der Waals surface area contributed by atoms with Gasteiger partial charge in [-0.15, -0.1) is 0 Å². The molecule has 2 heterocycles. The van der Waals surface area contributed by atoms with Crippen LogP contribution in [0.2, 0.25) is 0 Å². The first-order valence-corrected chi connectivity index (χ1v) is 5.49. The van der Waals surface area contributed by atoms with E-state index < -0.39 is 12.0 Å². The number of aryl methyl sites for hydroxylation is 1. The van der Waals surface area contributed by atoms with Gasteiger partial charge in [-0.25, -0.2) is 15.0 Å². The molecule has 0 radical (unpaired) electrons. The van der Waals surface area contributed by atoms with Crippen molar-refractivity contribution in [1.29, 1.82) is 0 Å². The highest BCUT2D eigenvalue weighted by Gasteiger charge is 2.12. The molecule has 0 fully saturated rings. The Balaban J connectivity index is 2.04. The summed E-state index contributed by atoms with van der Waals surface area (Å²) < 4.78 is 1.81. The predicted octanol–water partition coefficient (Wildman–Crippen LogP) is -0.399. The molecule has 0 saturated heterocycles. The zero-order valence-electron chi connectivity index (χ0n) is 9.65. The second kappa shape index (κ2) is 4.96. The van der Waals surface area contributed by atoms with Gasteiger partial charge in [0.25, 0.3) is 0 Å². The Bertz CT molecular complexity index is 566. The SMILES string of the molecule is Nc1ncnc2c1ncn2CCC[C@H](N)C(=O)O. The minimum absolute atomic E-state index is 0.334. The quantitative estimate of drug-likeness (QED) is 0.657. The molecule has 0 bridgehead atoms. The van der Waals surface area contributed by atoms with Gasteiger partial charge in [-0.3, -0.25) is 4.79 Å². The van der Waals surface area contributed by atoms with E-state index in [9.17, 15) is 4.79 Å². The molecule has 5 N–H and O–H groups in total. The summed E-state index contributed by atoms with van der Waals surface area (Å²) in [6, 6.07) is -0.834. The Kier molecular flexibility index (Phi) is 3.38. The van der Waals surface area contributed by atoms with E-state index in [2.05, 4.69) is 15.0 Å². The lowest BCUT2D eigenvalue weighted by Crippen LogP contribution is -2.30. The number of aromatic nitrogens is 4. The highest BCUT2D eigenvalue weighted by atomic mass is 16.4. The van der Waals surface area contributed by atoms with Crippen LogP contribution in [0.25, 0.3) is 11.2 Å². The molecule has 0 amide bonds. The number of rotatable bonds is 5. The van der Waals surface area contributed by atoms with Crippen molar-refractivity contribution in [2.24, 2.45) is 5.73 Å². The Hall–Kier alpha value is -2.22. The van der Waals surface area contributed by atoms with E-state index in [0.29, 0.717) is 36.4 Å². The van der Waals surface area contributed by atoms with Crippen LogP contribution < -0.4 is 11.5 Å². The van der Waals surface area contributed by atoms with Crippen LogP contribution in [0.5, 0.6) is 0 Å². The Morgan fingerprint density at radius 3 is 2.94 bits per heavy atom. The van der Waals surface area contributed by atoms with E-state index in [0.717, 1.165) is 0 Å². The maximum Gasteiger partial charge on any atom is 0.320 e. The van der Waals surface area contributed by atoms with Crippen LogP contribution in [0.3, 0.4) is 0 Å². The van der Waals surface area contributed by atoms with Crippen LogP contribution in [-0.2, 0) is 11.3 Å². The highest BCUT2D eigenvalue weighted by Crippen LogP contribution is 2.14. The van der Waals surface area contributed by atoms with Crippen molar-refractivity contribution in [1.82, 2.24) is 19.5 Å². The van der Waals surface area contributed by atoms with E-state index in [-0.39, 0.29) is 0 Å². The number of carbonyl (C=O) groups is 1. The first kappa shape index (κ1) is 12.2. The molecule has 0 aliphatic rings. The molecule has 18 heavy (non-hydrogen) atoms. The summed E-state index contributed by atoms with van der Waals surface area (Å²) in [7, 11) is 0. The van der Waals surface area contributed by atoms with Gasteiger partial charge in [0.2, 0.25) is 0 Å². The van der Waals surface area contributed by atoms with Crippen LogP contribution in [0.1, 0.15) is 12.8 Å². The van der Waals surface area contributed by atoms with Crippen LogP contribution in [0, 0.1) is 0 Å². The van der Waals surface area contributed by atoms with Crippen molar-refractivity contribution >= 4 is 23.0 Å². The third-order valence-electron chi connectivity index (χ3n) is 2.66. The Labute approximate surface area is 103 Å². The lowest BCUT2D eigenvalue weighted by atomic mass is 10.2. The van der Waals surface area contributed by atoms with Gasteiger partial charge < -0.3 is 21.1 Å². The summed E-state index contributed by atoms with van der Waals surface area (Å²) >= 11 is 0. The Morgan fingerprint density at radius 2 is 2.22 bits per heavy atom. The summed E-state index contributed by atoms with van der Waals surface area (Å²) in [6.45, 7) is 0.591. The van der Waals surface area contributed by atoms with E-state index in [4.69, 9.17) is 16.6 Å². The molecule has 2 aromatic rings. The zero-order valence-corrected chi connectivity index (χ0v) is 9.65. The molecule has 0 aliphatic heterocycles. The number of hydrogen-bond donors (Lipinski definition) is 3. The zero-order chi connectivity index (χ0) is 13.1. The smallest absolute Gasteiger partial charge is 0.320 e. The first-order chi connectivity index (χ1) is 8.59. The third kappa shape index (κ3) is 2.38. The van der Waals surface area contributed by atoms with Gasteiger partial charge in [0, 0.05) is 6.54 Å². The molecule has 0 saturated carbocycles. The lowest BCUT2D eigenvalue weighted by Gasteiger charge is -2.06. The van der Waals surface area contributed by atoms with Gasteiger partial charge in [-0.1, -0.05) is 0 Å². The summed E-state index contributed by atoms with van der Waals surface area (Å²) in [5.41, 5.74) is 12.3. The van der Waals surface area contributed by atoms with Gasteiger partial charge in [0.05, 0.1) is 6.33 Å². The van der Waals surface area contributed by atoms with Crippen LogP contribution in [0.15, 0.2) is 12.7 Å². The average Bonchev–Trinajstić information content (AvgIpc) is 2.74. The van der Waals surface area contributed by atoms with Crippen LogP contribution >= 0.6 is 0 Å². The van der Waals surface area contributed by atoms with Crippen molar-refractivity contribution in [3.8, 4) is 0 Å². The average molecular weight is 250 g/mol. The number of nitrogen functional groups attached to an aromatic ring is 1. The molecule has 8 heteroatoms. The van der Waals surface area contributed by atoms with Crippen molar-refractivity contribution in [2.45, 2.75) is 25.4 Å². The molecule has 8 nitrogen and oxygen atoms in total. The summed E-state index contributed by atoms with van der Waals surface area (Å²) in [6.07, 6.45) is 4.01. The van der Waals surface area contributed by atoms with Gasteiger partial charge in [0.1, 0.15) is 17.9 Å². The topological polar surface area (TPSA) is 133 Å². The summed E-state index contributed by atoms with van der Waals surface area (Å²) in [4.78, 5) is 22.6. The maximum atomic E-state index is 10.6. The number of hydrogen-bond acceptors (Lipinski definition) is 6. The van der Waals surface area contributed by atoms with E-state index in [1.165, 1.54) is 6.33 Å². The van der Waals surface area contributed by atoms with E-state index in [1.54, 1.807) is 6.33 Å². The number of nitrogens with zero attached hydrogens (tertiary/aromatic N) is 4. The molecule has 0 aliphatic carbocycles. The van der Waals surface area contributed by atoms with Crippen molar-refractivity contribution < 1.29 is 9.90 Å². The number of anilines is 1. The monoisotopic (exact) mass is 250 g/mol. The molecule has 96 valence electrons. The fourth-order valence-corrected chi connectivity index (χ4v) is 1.67. The van der Waals surface area contributed by atoms with Crippen molar-refractivity contribution in [3.63, 3.8) is 0 Å². The highest BCUT2D eigenvalue weighted by molar-refractivity contribution is 5.81. The summed E-state index contributed by atoms with van der Waals surface area (Å²) in [5.74, 6) is -0.655. The second-order valence-electron chi connectivity index (χ2n) is 3.96. The fourth-order valence-electron chi connectivity index (χ4n) is 1.67. The lowest BCUT2D eigenvalue weighted by molar-refractivity contribution is -0.138. The number of aliphatic carboxylic acids is 1. The number of imidazole rings is 1. The van der Waals surface area contributed by atoms with Crippen LogP contribution in [-0.4, -0.2) is 36.6 Å². The minimum Gasteiger partial charge on any atom is -0.480 e. The minimum atomic E-state index is -0.989. The van der Waals surface area contributed by atoms with E-state index >= 15 is 0 Å². The molecule has 2 rings (SSSR count). The Morgan fingerprint density at radius 1 is 1.44 bits per heavy atom. The molecule has 0 aromatic carbocycles. The number of fused-ring (bicyclic) bond motifs is 1. The standard InChI is InChI=1S/C10H14N6O2/c11-6(10(17)18)2-1-3-16-5-15-7-8(12)13-4-14-9(7)16/h4-6H,1-3,11H2,(H,17,18)(H2,12,13,14)/t6-/m0/s1. The molecular weight excluding hydrogens is 236 g/mol. The van der Waals surface area contributed by atoms with Crippen molar-refractivity contribution in [2.75, 3.05) is 5.73 Å². The maximum absolute atomic E-state index is 10.6. The largest absolute Gasteiger partial charge is 0.480 e. The molecule has 2 aromatic heterocycles. The molecule has 0 spiro atoms. The van der Waals surface area contributed by atoms with Gasteiger partial charge in [0.15, 0.2) is 11.5 Å². The molecular formula is C10H14N6O2. The third-order valence-corrected chi connectivity index (χ3v) is 2.66. The van der Waals surface area contributed by atoms with E-state index in [1.807, 2.05) is 4.57 Å². The molecule has 0 unspecified atom stereocenters. The van der Waals surface area contributed by atoms with Crippen LogP contribution in [0.4, 0.5) is 5.82 Å². The number of carboxylic acids is 1. The van der Waals surface area contributed by atoms with Gasteiger partial charge in [-0.05, 0) is 12.8 Å². The normalized spacial score (nSPS) is 12.7. The summed E-state index contributed by atoms with van der Waals surface area (Å²) in [5, 5.41) is 8.67. The first-order valence-electron chi connectivity index (χ1n) is 5.49.